The molecule has 0 radical (unpaired) electrons. The summed E-state index contributed by atoms with van der Waals surface area (Å²) in [5.41, 5.74) is 0.505. The van der Waals surface area contributed by atoms with Gasteiger partial charge in [0.05, 0.1) is 0 Å². The van der Waals surface area contributed by atoms with Crippen molar-refractivity contribution >= 4 is 10.1 Å². The maximum Gasteiger partial charge on any atom is 1.00 e. The van der Waals surface area contributed by atoms with Crippen LogP contribution in [-0.2, 0) is 16.5 Å². The van der Waals surface area contributed by atoms with E-state index in [1.807, 2.05) is 0 Å². The minimum absolute atomic E-state index is 0. The fraction of sp³-hybridized carbons (Fsp3) is 0.750. The summed E-state index contributed by atoms with van der Waals surface area (Å²) in [6.07, 6.45) is 21.2. The molecular formula is C24H43NaO5S. The molecule has 0 saturated heterocycles. The largest absolute Gasteiger partial charge is 1.00 e. The average Bonchev–Trinajstić information content (AvgIpc) is 2.69. The van der Waals surface area contributed by atoms with Gasteiger partial charge in [-0.3, -0.25) is 4.55 Å². The molecule has 0 aliphatic carbocycles. The molecule has 0 aromatic heterocycles. The van der Waals surface area contributed by atoms with Gasteiger partial charge in [0.2, 0.25) is 0 Å². The molecule has 1 rings (SSSR count). The average molecular weight is 467 g/mol. The van der Waals surface area contributed by atoms with E-state index >= 15 is 0 Å². The van der Waals surface area contributed by atoms with Gasteiger partial charge in [0.1, 0.15) is 16.4 Å². The van der Waals surface area contributed by atoms with Crippen molar-refractivity contribution in [2.75, 3.05) is 0 Å². The molecule has 0 fully saturated rings. The Labute approximate surface area is 213 Å². The zero-order valence-electron chi connectivity index (χ0n) is 20.7. The van der Waals surface area contributed by atoms with Crippen LogP contribution in [0.25, 0.3) is 0 Å². The van der Waals surface area contributed by atoms with Crippen LogP contribution in [0, 0.1) is 0 Å². The number of aromatic hydroxyl groups is 2. The molecule has 0 aliphatic heterocycles. The topological polar surface area (TPSA) is 94.8 Å². The zero-order valence-corrected chi connectivity index (χ0v) is 22.6. The van der Waals surface area contributed by atoms with Gasteiger partial charge in [-0.25, -0.2) is 0 Å². The Kier molecular flexibility index (Phi) is 18.0. The quantitative estimate of drug-likeness (QED) is 0.130. The molecule has 0 aliphatic rings. The van der Waals surface area contributed by atoms with Crippen molar-refractivity contribution in [3.8, 4) is 11.5 Å². The van der Waals surface area contributed by atoms with Crippen LogP contribution in [0.5, 0.6) is 11.5 Å². The molecule has 1 aromatic rings. The second-order valence-corrected chi connectivity index (χ2v) is 9.87. The molecule has 0 amide bonds. The number of unbranched alkanes of at least 4 members (excludes halogenated alkanes) is 15. The molecule has 0 atom stereocenters. The third kappa shape index (κ3) is 14.5. The van der Waals surface area contributed by atoms with Crippen LogP contribution in [0.1, 0.15) is 117 Å². The molecule has 0 spiro atoms. The molecule has 1 aromatic carbocycles. The number of benzene rings is 1. The molecule has 0 heterocycles. The Hall–Kier alpha value is -0.270. The van der Waals surface area contributed by atoms with Crippen LogP contribution < -0.4 is 29.6 Å². The molecule has 7 heteroatoms. The Morgan fingerprint density at radius 1 is 0.677 bits per heavy atom. The first-order valence-electron chi connectivity index (χ1n) is 11.9. The fourth-order valence-corrected chi connectivity index (χ4v) is 4.46. The van der Waals surface area contributed by atoms with Gasteiger partial charge in [-0.1, -0.05) is 103 Å². The molecule has 31 heavy (non-hydrogen) atoms. The second-order valence-electron chi connectivity index (χ2n) is 8.48. The van der Waals surface area contributed by atoms with Gasteiger partial charge in [-0.05, 0) is 24.5 Å². The first-order valence-corrected chi connectivity index (χ1v) is 13.3. The number of hydrogen-bond donors (Lipinski definition) is 3. The van der Waals surface area contributed by atoms with Crippen molar-refractivity contribution < 1.29 is 54.2 Å². The summed E-state index contributed by atoms with van der Waals surface area (Å²) in [5, 5.41) is 19.7. The fourth-order valence-electron chi connectivity index (χ4n) is 3.87. The van der Waals surface area contributed by atoms with Gasteiger partial charge < -0.3 is 11.6 Å². The van der Waals surface area contributed by atoms with Crippen molar-refractivity contribution in [2.45, 2.75) is 121 Å². The van der Waals surface area contributed by atoms with Gasteiger partial charge in [0, 0.05) is 6.07 Å². The van der Waals surface area contributed by atoms with E-state index in [-0.39, 0.29) is 36.7 Å². The van der Waals surface area contributed by atoms with Crippen LogP contribution in [-0.4, -0.2) is 23.2 Å². The van der Waals surface area contributed by atoms with Crippen LogP contribution in [0.3, 0.4) is 0 Å². The Balaban J connectivity index is 0. The number of aryl methyl sites for hydroxylation is 1. The summed E-state index contributed by atoms with van der Waals surface area (Å²) in [4.78, 5) is -0.657. The van der Waals surface area contributed by atoms with Crippen molar-refractivity contribution in [1.82, 2.24) is 0 Å². The van der Waals surface area contributed by atoms with E-state index in [1.54, 1.807) is 0 Å². The van der Waals surface area contributed by atoms with Gasteiger partial charge >= 0.3 is 29.6 Å². The summed E-state index contributed by atoms with van der Waals surface area (Å²) in [6, 6.07) is 2.14. The van der Waals surface area contributed by atoms with E-state index in [0.29, 0.717) is 12.0 Å². The van der Waals surface area contributed by atoms with Gasteiger partial charge in [-0.2, -0.15) is 8.42 Å². The van der Waals surface area contributed by atoms with Gasteiger partial charge in [0.25, 0.3) is 10.1 Å². The van der Waals surface area contributed by atoms with Gasteiger partial charge in [0.15, 0.2) is 0 Å². The van der Waals surface area contributed by atoms with Crippen LogP contribution in [0.15, 0.2) is 17.0 Å². The summed E-state index contributed by atoms with van der Waals surface area (Å²) < 4.78 is 31.2. The minimum atomic E-state index is -4.53. The van der Waals surface area contributed by atoms with E-state index in [2.05, 4.69) is 6.92 Å². The molecule has 0 unspecified atom stereocenters. The Bertz CT molecular complexity index is 698. The molecule has 0 bridgehead atoms. The van der Waals surface area contributed by atoms with Crippen molar-refractivity contribution in [3.63, 3.8) is 0 Å². The Morgan fingerprint density at radius 2 is 1.06 bits per heavy atom. The van der Waals surface area contributed by atoms with Crippen molar-refractivity contribution in [2.24, 2.45) is 0 Å². The smallest absolute Gasteiger partial charge is 1.00 e. The molecule has 176 valence electrons. The predicted octanol–water partition coefficient (Wildman–Crippen LogP) is 4.27. The number of phenolic OH excluding ortho intramolecular Hbond substituents is 2. The number of rotatable bonds is 18. The van der Waals surface area contributed by atoms with Crippen molar-refractivity contribution in [1.29, 1.82) is 0 Å². The minimum Gasteiger partial charge on any atom is -1.00 e. The van der Waals surface area contributed by atoms with E-state index in [1.165, 1.54) is 89.5 Å². The molecule has 5 nitrogen and oxygen atoms in total. The monoisotopic (exact) mass is 466 g/mol. The van der Waals surface area contributed by atoms with Gasteiger partial charge in [-0.15, -0.1) is 0 Å². The SMILES string of the molecule is CCCCCCCCCCCCCCCCCCc1cc(O)c(S(=O)(=O)O)cc1O.[H-].[Na+]. The number of phenols is 2. The first kappa shape index (κ1) is 30.7. The summed E-state index contributed by atoms with van der Waals surface area (Å²) in [6.45, 7) is 2.26. The standard InChI is InChI=1S/C24H42O5S.Na.H/c1-2-3-4-5-6-7-8-9-10-11-12-13-14-15-16-17-18-21-19-23(26)24(20-22(21)25)30(27,28)29;;/h19-20,25-26H,2-18H2,1H3,(H,27,28,29);;/q;+1;-1. The van der Waals surface area contributed by atoms with Crippen molar-refractivity contribution in [3.05, 3.63) is 17.7 Å². The number of hydrogen-bond acceptors (Lipinski definition) is 4. The van der Waals surface area contributed by atoms with E-state index in [9.17, 15) is 18.6 Å². The normalized spacial score (nSPS) is 11.4. The molecule has 3 N–H and O–H groups in total. The summed E-state index contributed by atoms with van der Waals surface area (Å²) in [7, 11) is -4.53. The van der Waals surface area contributed by atoms with Crippen LogP contribution in [0.2, 0.25) is 0 Å². The second kappa shape index (κ2) is 18.2. The maximum atomic E-state index is 11.1. The molecule has 0 saturated carbocycles. The maximum absolute atomic E-state index is 11.1. The third-order valence-electron chi connectivity index (χ3n) is 5.74. The summed E-state index contributed by atoms with van der Waals surface area (Å²) in [5.74, 6) is -0.733. The zero-order chi connectivity index (χ0) is 22.2. The molecular weight excluding hydrogens is 423 g/mol. The van der Waals surface area contributed by atoms with E-state index in [4.69, 9.17) is 4.55 Å². The summed E-state index contributed by atoms with van der Waals surface area (Å²) >= 11 is 0. The third-order valence-corrected chi connectivity index (χ3v) is 6.62. The van der Waals surface area contributed by atoms with E-state index in [0.717, 1.165) is 25.3 Å². The predicted molar refractivity (Wildman–Crippen MR) is 124 cm³/mol. The van der Waals surface area contributed by atoms with Crippen LogP contribution >= 0.6 is 0 Å². The first-order chi connectivity index (χ1) is 14.4. The van der Waals surface area contributed by atoms with E-state index < -0.39 is 20.8 Å². The Morgan fingerprint density at radius 3 is 1.45 bits per heavy atom. The van der Waals surface area contributed by atoms with Crippen LogP contribution in [0.4, 0.5) is 0 Å².